The van der Waals surface area contributed by atoms with Crippen LogP contribution in [0, 0.1) is 0 Å². The number of aromatic nitrogens is 2. The van der Waals surface area contributed by atoms with Gasteiger partial charge in [-0.15, -0.1) is 0 Å². The van der Waals surface area contributed by atoms with Crippen LogP contribution in [0.4, 0.5) is 5.69 Å². The number of benzene rings is 1. The van der Waals surface area contributed by atoms with Crippen molar-refractivity contribution in [1.82, 2.24) is 9.55 Å². The predicted octanol–water partition coefficient (Wildman–Crippen LogP) is 4.82. The number of amides is 1. The van der Waals surface area contributed by atoms with Gasteiger partial charge in [-0.1, -0.05) is 13.8 Å². The van der Waals surface area contributed by atoms with E-state index in [1.54, 1.807) is 16.8 Å². The van der Waals surface area contributed by atoms with Crippen molar-refractivity contribution in [2.75, 3.05) is 5.32 Å². The molecular weight excluding hydrogens is 370 g/mol. The third-order valence-corrected chi connectivity index (χ3v) is 4.12. The summed E-state index contributed by atoms with van der Waals surface area (Å²) in [6.45, 7) is 4.12. The van der Waals surface area contributed by atoms with Gasteiger partial charge < -0.3 is 14.3 Å². The molecule has 5 nitrogen and oxygen atoms in total. The first kappa shape index (κ1) is 16.5. The van der Waals surface area contributed by atoms with Crippen molar-refractivity contribution < 1.29 is 9.21 Å². The second-order valence-corrected chi connectivity index (χ2v) is 6.82. The fourth-order valence-corrected chi connectivity index (χ4v) is 2.85. The van der Waals surface area contributed by atoms with Crippen molar-refractivity contribution in [3.63, 3.8) is 0 Å². The zero-order chi connectivity index (χ0) is 17.3. The van der Waals surface area contributed by atoms with Gasteiger partial charge in [-0.05, 0) is 46.3 Å². The number of halogens is 1. The van der Waals surface area contributed by atoms with Crippen LogP contribution in [-0.2, 0) is 7.05 Å². The Labute approximate surface area is 148 Å². The molecule has 3 aromatic rings. The van der Waals surface area contributed by atoms with Crippen molar-refractivity contribution in [1.29, 1.82) is 0 Å². The van der Waals surface area contributed by atoms with Crippen molar-refractivity contribution >= 4 is 27.5 Å². The molecule has 0 fully saturated rings. The number of aryl methyl sites for hydroxylation is 1. The van der Waals surface area contributed by atoms with E-state index in [2.05, 4.69) is 40.1 Å². The highest BCUT2D eigenvalue weighted by Crippen LogP contribution is 2.24. The minimum atomic E-state index is -0.158. The monoisotopic (exact) mass is 387 g/mol. The third-order valence-electron chi connectivity index (χ3n) is 3.69. The summed E-state index contributed by atoms with van der Waals surface area (Å²) in [6.07, 6.45) is 3.59. The number of hydrogen-bond donors (Lipinski definition) is 1. The number of nitrogens with one attached hydrogen (secondary N) is 1. The van der Waals surface area contributed by atoms with Crippen molar-refractivity contribution in [2.45, 2.75) is 19.8 Å². The van der Waals surface area contributed by atoms with E-state index >= 15 is 0 Å². The lowest BCUT2D eigenvalue weighted by Crippen LogP contribution is -2.15. The number of nitrogens with zero attached hydrogens (tertiary/aromatic N) is 2. The van der Waals surface area contributed by atoms with Gasteiger partial charge in [0.1, 0.15) is 11.5 Å². The molecule has 0 saturated carbocycles. The second-order valence-electron chi connectivity index (χ2n) is 5.91. The largest absolute Gasteiger partial charge is 0.441 e. The van der Waals surface area contributed by atoms with Crippen LogP contribution in [0.15, 0.2) is 51.6 Å². The Hall–Kier alpha value is -2.34. The summed E-state index contributed by atoms with van der Waals surface area (Å²) in [5, 5.41) is 2.88. The maximum Gasteiger partial charge on any atom is 0.272 e. The number of carbonyl (C=O) groups excluding carboxylic acids is 1. The molecule has 124 valence electrons. The molecule has 0 unspecified atom stereocenters. The topological polar surface area (TPSA) is 60.1 Å². The van der Waals surface area contributed by atoms with E-state index < -0.39 is 0 Å². The highest BCUT2D eigenvalue weighted by molar-refractivity contribution is 9.10. The zero-order valence-corrected chi connectivity index (χ0v) is 15.3. The first-order valence-corrected chi connectivity index (χ1v) is 8.42. The van der Waals surface area contributed by atoms with Crippen molar-refractivity contribution in [2.24, 2.45) is 7.05 Å². The molecule has 0 aliphatic rings. The molecule has 0 aliphatic carbocycles. The summed E-state index contributed by atoms with van der Waals surface area (Å²) in [7, 11) is 1.83. The van der Waals surface area contributed by atoms with Gasteiger partial charge in [-0.2, -0.15) is 0 Å². The highest BCUT2D eigenvalue weighted by Gasteiger charge is 2.12. The molecular formula is C18H18BrN3O2. The molecule has 1 aromatic carbocycles. The maximum absolute atomic E-state index is 12.3. The van der Waals surface area contributed by atoms with Gasteiger partial charge in [0.25, 0.3) is 5.91 Å². The normalized spacial score (nSPS) is 11.0. The number of oxazole rings is 1. The molecule has 0 bridgehead atoms. The number of hydrogen-bond acceptors (Lipinski definition) is 3. The second kappa shape index (κ2) is 6.65. The molecule has 0 radical (unpaired) electrons. The standard InChI is InChI=1S/C18H18BrN3O2/c1-11(2)16-9-20-18(24-16)12-4-6-14(7-5-12)21-17(23)15-8-13(19)10-22(15)3/h4-11H,1-3H3,(H,21,23). The molecule has 0 spiro atoms. The molecule has 1 N–H and O–H groups in total. The van der Waals surface area contributed by atoms with E-state index in [1.807, 2.05) is 37.5 Å². The van der Waals surface area contributed by atoms with E-state index in [0.717, 1.165) is 21.5 Å². The van der Waals surface area contributed by atoms with Crippen LogP contribution in [0.25, 0.3) is 11.5 Å². The lowest BCUT2D eigenvalue weighted by atomic mass is 10.2. The Kier molecular flexibility index (Phi) is 4.57. The quantitative estimate of drug-likeness (QED) is 0.697. The molecule has 0 saturated heterocycles. The summed E-state index contributed by atoms with van der Waals surface area (Å²) >= 11 is 3.37. The van der Waals surface area contributed by atoms with Gasteiger partial charge in [0, 0.05) is 34.9 Å². The lowest BCUT2D eigenvalue weighted by Gasteiger charge is -2.06. The van der Waals surface area contributed by atoms with Crippen LogP contribution >= 0.6 is 15.9 Å². The molecule has 2 heterocycles. The van der Waals surface area contributed by atoms with Crippen molar-refractivity contribution in [3.05, 3.63) is 58.7 Å². The number of rotatable bonds is 4. The van der Waals surface area contributed by atoms with Gasteiger partial charge >= 0.3 is 0 Å². The molecule has 0 aliphatic heterocycles. The SMILES string of the molecule is CC(C)c1cnc(-c2ccc(NC(=O)c3cc(Br)cn3C)cc2)o1. The van der Waals surface area contributed by atoms with Crippen LogP contribution in [0.1, 0.15) is 36.0 Å². The maximum atomic E-state index is 12.3. The fraction of sp³-hybridized carbons (Fsp3) is 0.222. The van der Waals surface area contributed by atoms with Crippen LogP contribution in [0.3, 0.4) is 0 Å². The van der Waals surface area contributed by atoms with Gasteiger partial charge in [0.05, 0.1) is 6.20 Å². The van der Waals surface area contributed by atoms with Crippen LogP contribution in [-0.4, -0.2) is 15.5 Å². The smallest absolute Gasteiger partial charge is 0.272 e. The van der Waals surface area contributed by atoms with Crippen LogP contribution < -0.4 is 5.32 Å². The Morgan fingerprint density at radius 2 is 2.00 bits per heavy atom. The Morgan fingerprint density at radius 1 is 1.29 bits per heavy atom. The van der Waals surface area contributed by atoms with E-state index in [9.17, 15) is 4.79 Å². The lowest BCUT2D eigenvalue weighted by molar-refractivity contribution is 0.101. The molecule has 3 rings (SSSR count). The molecule has 24 heavy (non-hydrogen) atoms. The molecule has 6 heteroatoms. The average molecular weight is 388 g/mol. The Bertz CT molecular complexity index is 863. The molecule has 2 aromatic heterocycles. The number of carbonyl (C=O) groups is 1. The van der Waals surface area contributed by atoms with E-state index in [-0.39, 0.29) is 5.91 Å². The first-order chi connectivity index (χ1) is 11.4. The predicted molar refractivity (Wildman–Crippen MR) is 97.1 cm³/mol. The van der Waals surface area contributed by atoms with Gasteiger partial charge in [-0.3, -0.25) is 4.79 Å². The van der Waals surface area contributed by atoms with E-state index in [0.29, 0.717) is 17.5 Å². The summed E-state index contributed by atoms with van der Waals surface area (Å²) < 4.78 is 8.38. The average Bonchev–Trinajstić information content (AvgIpc) is 3.15. The Morgan fingerprint density at radius 3 is 2.54 bits per heavy atom. The third kappa shape index (κ3) is 3.43. The summed E-state index contributed by atoms with van der Waals surface area (Å²) in [4.78, 5) is 16.6. The van der Waals surface area contributed by atoms with Crippen LogP contribution in [0.5, 0.6) is 0 Å². The molecule has 1 amide bonds. The summed E-state index contributed by atoms with van der Waals surface area (Å²) in [5.74, 6) is 1.59. The minimum absolute atomic E-state index is 0.158. The van der Waals surface area contributed by atoms with Gasteiger partial charge in [0.15, 0.2) is 0 Å². The summed E-state index contributed by atoms with van der Waals surface area (Å²) in [5.41, 5.74) is 2.18. The fourth-order valence-electron chi connectivity index (χ4n) is 2.33. The highest BCUT2D eigenvalue weighted by atomic mass is 79.9. The van der Waals surface area contributed by atoms with E-state index in [4.69, 9.17) is 4.42 Å². The van der Waals surface area contributed by atoms with Gasteiger partial charge in [0.2, 0.25) is 5.89 Å². The zero-order valence-electron chi connectivity index (χ0n) is 13.7. The van der Waals surface area contributed by atoms with E-state index in [1.165, 1.54) is 0 Å². The van der Waals surface area contributed by atoms with Crippen LogP contribution in [0.2, 0.25) is 0 Å². The number of anilines is 1. The first-order valence-electron chi connectivity index (χ1n) is 7.63. The minimum Gasteiger partial charge on any atom is -0.441 e. The molecule has 0 atom stereocenters. The Balaban J connectivity index is 1.74. The summed E-state index contributed by atoms with van der Waals surface area (Å²) in [6, 6.07) is 9.22. The van der Waals surface area contributed by atoms with Crippen molar-refractivity contribution in [3.8, 4) is 11.5 Å². The van der Waals surface area contributed by atoms with Gasteiger partial charge in [-0.25, -0.2) is 4.98 Å².